The molecular formula is C9H13NO. The minimum absolute atomic E-state index is 0.205. The molecule has 1 rings (SSSR count). The van der Waals surface area contributed by atoms with Crippen molar-refractivity contribution < 1.29 is 5.11 Å². The molecule has 0 aliphatic rings. The van der Waals surface area contributed by atoms with Crippen LogP contribution in [-0.2, 0) is 0 Å². The van der Waals surface area contributed by atoms with Crippen molar-refractivity contribution in [1.82, 2.24) is 0 Å². The van der Waals surface area contributed by atoms with Gasteiger partial charge in [0.25, 0.3) is 0 Å². The first-order chi connectivity index (χ1) is 5.33. The molecule has 0 aromatic heterocycles. The van der Waals surface area contributed by atoms with E-state index >= 15 is 0 Å². The van der Waals surface area contributed by atoms with Crippen LogP contribution in [-0.4, -0.2) is 11.3 Å². The first-order valence-corrected chi connectivity index (χ1v) is 3.62. The van der Waals surface area contributed by atoms with E-state index in [9.17, 15) is 0 Å². The average molecular weight is 151 g/mol. The summed E-state index contributed by atoms with van der Waals surface area (Å²) in [7, 11) is 0. The van der Waals surface area contributed by atoms with Gasteiger partial charge in [0.15, 0.2) is 0 Å². The number of benzene rings is 1. The molecule has 1 aromatic rings. The Morgan fingerprint density at radius 2 is 2.00 bits per heavy atom. The second kappa shape index (κ2) is 5.47. The van der Waals surface area contributed by atoms with Gasteiger partial charge < -0.3 is 10.5 Å². The van der Waals surface area contributed by atoms with E-state index in [-0.39, 0.29) is 5.75 Å². The smallest absolute Gasteiger partial charge is 0.116 e. The van der Waals surface area contributed by atoms with Crippen LogP contribution in [0.3, 0.4) is 0 Å². The lowest BCUT2D eigenvalue weighted by Crippen LogP contribution is -1.75. The van der Waals surface area contributed by atoms with Crippen molar-refractivity contribution >= 4 is 6.21 Å². The van der Waals surface area contributed by atoms with Crippen molar-refractivity contribution in [1.29, 1.82) is 5.41 Å². The molecule has 0 aliphatic heterocycles. The molecule has 0 bridgehead atoms. The van der Waals surface area contributed by atoms with Gasteiger partial charge in [-0.3, -0.25) is 0 Å². The number of rotatable bonds is 1. The molecule has 0 unspecified atom stereocenters. The fourth-order valence-corrected chi connectivity index (χ4v) is 0.615. The van der Waals surface area contributed by atoms with Gasteiger partial charge in [-0.05, 0) is 17.7 Å². The summed E-state index contributed by atoms with van der Waals surface area (Å²) in [4.78, 5) is 0. The Kier molecular flexibility index (Phi) is 4.82. The Labute approximate surface area is 67.0 Å². The second-order valence-corrected chi connectivity index (χ2v) is 1.74. The highest BCUT2D eigenvalue weighted by Crippen LogP contribution is 2.07. The highest BCUT2D eigenvalue weighted by molar-refractivity contribution is 5.77. The van der Waals surface area contributed by atoms with Crippen molar-refractivity contribution in [3.63, 3.8) is 0 Å². The third-order valence-electron chi connectivity index (χ3n) is 1.04. The summed E-state index contributed by atoms with van der Waals surface area (Å²) in [6.07, 6.45) is 1.19. The van der Waals surface area contributed by atoms with E-state index in [4.69, 9.17) is 10.5 Å². The van der Waals surface area contributed by atoms with Crippen molar-refractivity contribution in [2.45, 2.75) is 13.8 Å². The van der Waals surface area contributed by atoms with Gasteiger partial charge in [0.2, 0.25) is 0 Å². The second-order valence-electron chi connectivity index (χ2n) is 1.74. The zero-order valence-electron chi connectivity index (χ0n) is 6.83. The van der Waals surface area contributed by atoms with Crippen LogP contribution in [0.2, 0.25) is 0 Å². The molecule has 0 saturated heterocycles. The Bertz CT molecular complexity index is 221. The predicted molar refractivity (Wildman–Crippen MR) is 47.3 cm³/mol. The van der Waals surface area contributed by atoms with Crippen molar-refractivity contribution in [2.75, 3.05) is 0 Å². The van der Waals surface area contributed by atoms with E-state index in [1.54, 1.807) is 18.2 Å². The summed E-state index contributed by atoms with van der Waals surface area (Å²) in [5.41, 5.74) is 0.718. The third-order valence-corrected chi connectivity index (χ3v) is 1.04. The van der Waals surface area contributed by atoms with Gasteiger partial charge in [0.1, 0.15) is 5.75 Å². The Hall–Kier alpha value is -1.31. The zero-order valence-corrected chi connectivity index (χ0v) is 6.83. The SMILES string of the molecule is CC.N=Cc1cccc(O)c1. The lowest BCUT2D eigenvalue weighted by atomic mass is 10.2. The molecule has 0 spiro atoms. The van der Waals surface area contributed by atoms with Crippen LogP contribution < -0.4 is 0 Å². The van der Waals surface area contributed by atoms with E-state index in [1.165, 1.54) is 12.3 Å². The number of hydrogen-bond donors (Lipinski definition) is 2. The van der Waals surface area contributed by atoms with Gasteiger partial charge in [0, 0.05) is 6.21 Å². The number of aromatic hydroxyl groups is 1. The number of phenolic OH excluding ortho intramolecular Hbond substituents is 1. The summed E-state index contributed by atoms with van der Waals surface area (Å²) in [5, 5.41) is 15.6. The van der Waals surface area contributed by atoms with Crippen LogP contribution in [0.15, 0.2) is 24.3 Å². The highest BCUT2D eigenvalue weighted by Gasteiger charge is 1.86. The molecule has 2 heteroatoms. The Morgan fingerprint density at radius 1 is 1.36 bits per heavy atom. The maximum absolute atomic E-state index is 8.84. The predicted octanol–water partition coefficient (Wildman–Crippen LogP) is 2.42. The van der Waals surface area contributed by atoms with Gasteiger partial charge in [-0.1, -0.05) is 26.0 Å². The monoisotopic (exact) mass is 151 g/mol. The van der Waals surface area contributed by atoms with Crippen molar-refractivity contribution in [2.24, 2.45) is 0 Å². The van der Waals surface area contributed by atoms with E-state index in [1.807, 2.05) is 13.8 Å². The fourth-order valence-electron chi connectivity index (χ4n) is 0.615. The van der Waals surface area contributed by atoms with Crippen LogP contribution in [0.25, 0.3) is 0 Å². The van der Waals surface area contributed by atoms with E-state index in [0.717, 1.165) is 5.56 Å². The molecule has 2 N–H and O–H groups in total. The normalized spacial score (nSPS) is 7.82. The lowest BCUT2D eigenvalue weighted by Gasteiger charge is -1.90. The standard InChI is InChI=1S/C7H7NO.C2H6/c8-5-6-2-1-3-7(9)4-6;1-2/h1-5,8-9H;1-2H3. The minimum Gasteiger partial charge on any atom is -0.508 e. The molecule has 2 nitrogen and oxygen atoms in total. The molecule has 11 heavy (non-hydrogen) atoms. The molecule has 0 saturated carbocycles. The molecule has 0 atom stereocenters. The molecular weight excluding hydrogens is 138 g/mol. The number of hydrogen-bond acceptors (Lipinski definition) is 2. The van der Waals surface area contributed by atoms with Crippen molar-refractivity contribution in [3.05, 3.63) is 29.8 Å². The van der Waals surface area contributed by atoms with Crippen LogP contribution in [0.1, 0.15) is 19.4 Å². The van der Waals surface area contributed by atoms with Gasteiger partial charge in [-0.25, -0.2) is 0 Å². The fraction of sp³-hybridized carbons (Fsp3) is 0.222. The zero-order chi connectivity index (χ0) is 8.69. The third kappa shape index (κ3) is 3.40. The van der Waals surface area contributed by atoms with E-state index in [0.29, 0.717) is 0 Å². The highest BCUT2D eigenvalue weighted by atomic mass is 16.3. The lowest BCUT2D eigenvalue weighted by molar-refractivity contribution is 0.475. The van der Waals surface area contributed by atoms with Gasteiger partial charge >= 0.3 is 0 Å². The first kappa shape index (κ1) is 9.69. The average Bonchev–Trinajstić information content (AvgIpc) is 2.08. The summed E-state index contributed by atoms with van der Waals surface area (Å²) >= 11 is 0. The summed E-state index contributed by atoms with van der Waals surface area (Å²) < 4.78 is 0. The molecule has 0 radical (unpaired) electrons. The summed E-state index contributed by atoms with van der Waals surface area (Å²) in [6, 6.07) is 6.57. The van der Waals surface area contributed by atoms with Crippen LogP contribution in [0.4, 0.5) is 0 Å². The molecule has 0 heterocycles. The first-order valence-electron chi connectivity index (χ1n) is 3.62. The Balaban J connectivity index is 0.000000461. The topological polar surface area (TPSA) is 44.1 Å². The quantitative estimate of drug-likeness (QED) is 0.595. The van der Waals surface area contributed by atoms with Gasteiger partial charge in [-0.15, -0.1) is 0 Å². The maximum atomic E-state index is 8.84. The van der Waals surface area contributed by atoms with Gasteiger partial charge in [0.05, 0.1) is 0 Å². The van der Waals surface area contributed by atoms with Crippen LogP contribution in [0, 0.1) is 5.41 Å². The maximum Gasteiger partial charge on any atom is 0.116 e. The van der Waals surface area contributed by atoms with E-state index in [2.05, 4.69) is 0 Å². The summed E-state index contributed by atoms with van der Waals surface area (Å²) in [6.45, 7) is 4.00. The summed E-state index contributed by atoms with van der Waals surface area (Å²) in [5.74, 6) is 0.205. The van der Waals surface area contributed by atoms with Crippen LogP contribution >= 0.6 is 0 Å². The molecule has 1 aromatic carbocycles. The van der Waals surface area contributed by atoms with E-state index < -0.39 is 0 Å². The van der Waals surface area contributed by atoms with Gasteiger partial charge in [-0.2, -0.15) is 0 Å². The molecule has 60 valence electrons. The largest absolute Gasteiger partial charge is 0.508 e. The minimum atomic E-state index is 0.205. The Morgan fingerprint density at radius 3 is 2.36 bits per heavy atom. The van der Waals surface area contributed by atoms with Crippen LogP contribution in [0.5, 0.6) is 5.75 Å². The van der Waals surface area contributed by atoms with Crippen molar-refractivity contribution in [3.8, 4) is 5.75 Å². The molecule has 0 fully saturated rings. The number of nitrogens with one attached hydrogen (secondary N) is 1. The molecule has 0 amide bonds. The molecule has 0 aliphatic carbocycles. The number of phenols is 1.